The van der Waals surface area contributed by atoms with E-state index in [-0.39, 0.29) is 0 Å². The standard InChI is InChI=1S/C8H12BrN/c1-2-4-8(7-9)5-3-6-10/h2,4,8H,3,5,7H2,1H3/b4-2+. The summed E-state index contributed by atoms with van der Waals surface area (Å²) in [6.45, 7) is 2.00. The summed E-state index contributed by atoms with van der Waals surface area (Å²) in [5.41, 5.74) is 0. The number of nitrogens with zero attached hydrogens (tertiary/aromatic N) is 1. The third kappa shape index (κ3) is 4.58. The van der Waals surface area contributed by atoms with E-state index in [1.807, 2.05) is 13.0 Å². The highest BCUT2D eigenvalue weighted by atomic mass is 79.9. The van der Waals surface area contributed by atoms with Crippen LogP contribution in [-0.2, 0) is 0 Å². The second kappa shape index (κ2) is 6.82. The van der Waals surface area contributed by atoms with Gasteiger partial charge in [-0.25, -0.2) is 0 Å². The minimum atomic E-state index is 0.532. The fourth-order valence-corrected chi connectivity index (χ4v) is 1.29. The molecule has 0 aromatic rings. The molecule has 0 N–H and O–H groups in total. The Hall–Kier alpha value is -0.290. The van der Waals surface area contributed by atoms with Gasteiger partial charge in [-0.3, -0.25) is 0 Å². The van der Waals surface area contributed by atoms with Gasteiger partial charge in [-0.15, -0.1) is 0 Å². The van der Waals surface area contributed by atoms with E-state index >= 15 is 0 Å². The van der Waals surface area contributed by atoms with Gasteiger partial charge in [0, 0.05) is 11.8 Å². The number of halogens is 1. The molecule has 0 aliphatic carbocycles. The lowest BCUT2D eigenvalue weighted by molar-refractivity contribution is 0.675. The maximum Gasteiger partial charge on any atom is 0.0621 e. The van der Waals surface area contributed by atoms with Crippen molar-refractivity contribution in [2.45, 2.75) is 19.8 Å². The molecule has 0 heterocycles. The second-order valence-electron chi connectivity index (χ2n) is 2.14. The molecule has 0 radical (unpaired) electrons. The van der Waals surface area contributed by atoms with Gasteiger partial charge in [-0.1, -0.05) is 28.1 Å². The van der Waals surface area contributed by atoms with Gasteiger partial charge in [0.15, 0.2) is 0 Å². The Morgan fingerprint density at radius 3 is 2.80 bits per heavy atom. The largest absolute Gasteiger partial charge is 0.198 e. The SMILES string of the molecule is C/C=C/C(CBr)CCC#N. The summed E-state index contributed by atoms with van der Waals surface area (Å²) in [4.78, 5) is 0. The maximum atomic E-state index is 8.29. The van der Waals surface area contributed by atoms with Crippen LogP contribution in [0.1, 0.15) is 19.8 Å². The average Bonchev–Trinajstić information content (AvgIpc) is 1.98. The molecule has 1 nitrogen and oxygen atoms in total. The molecule has 0 aromatic heterocycles. The molecule has 0 aliphatic rings. The van der Waals surface area contributed by atoms with Crippen LogP contribution in [0.25, 0.3) is 0 Å². The molecule has 56 valence electrons. The highest BCUT2D eigenvalue weighted by molar-refractivity contribution is 9.09. The smallest absolute Gasteiger partial charge is 0.0621 e. The van der Waals surface area contributed by atoms with Crippen LogP contribution >= 0.6 is 15.9 Å². The number of allylic oxidation sites excluding steroid dienone is 2. The number of alkyl halides is 1. The number of nitriles is 1. The van der Waals surface area contributed by atoms with Crippen molar-refractivity contribution in [2.75, 3.05) is 5.33 Å². The van der Waals surface area contributed by atoms with Crippen LogP contribution in [0.5, 0.6) is 0 Å². The lowest BCUT2D eigenvalue weighted by atomic mass is 10.1. The van der Waals surface area contributed by atoms with Gasteiger partial charge in [0.2, 0.25) is 0 Å². The zero-order valence-corrected chi connectivity index (χ0v) is 7.76. The molecule has 0 fully saturated rings. The van der Waals surface area contributed by atoms with Crippen LogP contribution in [0.15, 0.2) is 12.2 Å². The summed E-state index contributed by atoms with van der Waals surface area (Å²) in [5.74, 6) is 0.532. The van der Waals surface area contributed by atoms with E-state index in [1.165, 1.54) is 0 Å². The maximum absolute atomic E-state index is 8.29. The van der Waals surface area contributed by atoms with Gasteiger partial charge in [-0.05, 0) is 19.3 Å². The molecular weight excluding hydrogens is 190 g/mol. The van der Waals surface area contributed by atoms with Crippen molar-refractivity contribution in [2.24, 2.45) is 5.92 Å². The number of rotatable bonds is 4. The Balaban J connectivity index is 3.52. The second-order valence-corrected chi connectivity index (χ2v) is 2.78. The minimum Gasteiger partial charge on any atom is -0.198 e. The Labute approximate surface area is 70.9 Å². The molecule has 10 heavy (non-hydrogen) atoms. The van der Waals surface area contributed by atoms with E-state index < -0.39 is 0 Å². The van der Waals surface area contributed by atoms with Gasteiger partial charge in [0.25, 0.3) is 0 Å². The van der Waals surface area contributed by atoms with Gasteiger partial charge in [0.05, 0.1) is 6.07 Å². The quantitative estimate of drug-likeness (QED) is 0.507. The van der Waals surface area contributed by atoms with Gasteiger partial charge >= 0.3 is 0 Å². The first kappa shape index (κ1) is 9.71. The molecule has 1 atom stereocenters. The molecule has 2 heteroatoms. The summed E-state index contributed by atoms with van der Waals surface area (Å²) in [6.07, 6.45) is 5.78. The van der Waals surface area contributed by atoms with Crippen molar-refractivity contribution in [3.63, 3.8) is 0 Å². The summed E-state index contributed by atoms with van der Waals surface area (Å²) in [5, 5.41) is 9.25. The Morgan fingerprint density at radius 2 is 2.40 bits per heavy atom. The van der Waals surface area contributed by atoms with Crippen LogP contribution in [0, 0.1) is 17.2 Å². The van der Waals surface area contributed by atoms with Gasteiger partial charge in [0.1, 0.15) is 0 Å². The molecule has 0 bridgehead atoms. The number of hydrogen-bond donors (Lipinski definition) is 0. The summed E-state index contributed by atoms with van der Waals surface area (Å²) in [7, 11) is 0. The normalized spacial score (nSPS) is 13.3. The summed E-state index contributed by atoms with van der Waals surface area (Å²) in [6, 6.07) is 2.14. The lowest BCUT2D eigenvalue weighted by Crippen LogP contribution is -1.96. The highest BCUT2D eigenvalue weighted by Gasteiger charge is 1.99. The fraction of sp³-hybridized carbons (Fsp3) is 0.625. The number of hydrogen-bond acceptors (Lipinski definition) is 1. The van der Waals surface area contributed by atoms with Crippen molar-refractivity contribution < 1.29 is 0 Å². The monoisotopic (exact) mass is 201 g/mol. The molecule has 0 aliphatic heterocycles. The lowest BCUT2D eigenvalue weighted by Gasteiger charge is -2.03. The highest BCUT2D eigenvalue weighted by Crippen LogP contribution is 2.10. The summed E-state index contributed by atoms with van der Waals surface area (Å²) < 4.78 is 0. The van der Waals surface area contributed by atoms with E-state index in [1.54, 1.807) is 0 Å². The minimum absolute atomic E-state index is 0.532. The van der Waals surface area contributed by atoms with E-state index in [9.17, 15) is 0 Å². The molecule has 0 saturated heterocycles. The van der Waals surface area contributed by atoms with Gasteiger partial charge < -0.3 is 0 Å². The van der Waals surface area contributed by atoms with E-state index in [4.69, 9.17) is 5.26 Å². The fourth-order valence-electron chi connectivity index (χ4n) is 0.747. The zero-order chi connectivity index (χ0) is 7.82. The van der Waals surface area contributed by atoms with Crippen molar-refractivity contribution in [1.82, 2.24) is 0 Å². The average molecular weight is 202 g/mol. The van der Waals surface area contributed by atoms with Crippen LogP contribution in [0.3, 0.4) is 0 Å². The first-order chi connectivity index (χ1) is 4.85. The van der Waals surface area contributed by atoms with Crippen LogP contribution in [0.4, 0.5) is 0 Å². The molecule has 0 rings (SSSR count). The van der Waals surface area contributed by atoms with Crippen molar-refractivity contribution in [1.29, 1.82) is 5.26 Å². The molecule has 0 saturated carbocycles. The third-order valence-electron chi connectivity index (χ3n) is 1.29. The first-order valence-corrected chi connectivity index (χ1v) is 4.53. The van der Waals surface area contributed by atoms with Crippen molar-refractivity contribution in [3.8, 4) is 6.07 Å². The van der Waals surface area contributed by atoms with Crippen LogP contribution in [-0.4, -0.2) is 5.33 Å². The van der Waals surface area contributed by atoms with E-state index in [0.29, 0.717) is 12.3 Å². The molecule has 0 aromatic carbocycles. The molecule has 0 amide bonds. The first-order valence-electron chi connectivity index (χ1n) is 3.40. The van der Waals surface area contributed by atoms with E-state index in [2.05, 4.69) is 28.1 Å². The summed E-state index contributed by atoms with van der Waals surface area (Å²) >= 11 is 3.39. The molecular formula is C8H12BrN. The van der Waals surface area contributed by atoms with E-state index in [0.717, 1.165) is 11.8 Å². The Morgan fingerprint density at radius 1 is 1.70 bits per heavy atom. The predicted molar refractivity (Wildman–Crippen MR) is 46.9 cm³/mol. The Kier molecular flexibility index (Phi) is 6.63. The Bertz CT molecular complexity index is 135. The predicted octanol–water partition coefficient (Wildman–Crippen LogP) is 2.88. The van der Waals surface area contributed by atoms with Gasteiger partial charge in [-0.2, -0.15) is 5.26 Å². The molecule has 1 unspecified atom stereocenters. The third-order valence-corrected chi connectivity index (χ3v) is 2.12. The van der Waals surface area contributed by atoms with Crippen LogP contribution < -0.4 is 0 Å². The van der Waals surface area contributed by atoms with Crippen LogP contribution in [0.2, 0.25) is 0 Å². The topological polar surface area (TPSA) is 23.8 Å². The molecule has 0 spiro atoms. The van der Waals surface area contributed by atoms with Crippen molar-refractivity contribution in [3.05, 3.63) is 12.2 Å². The van der Waals surface area contributed by atoms with Crippen molar-refractivity contribution >= 4 is 15.9 Å². The zero-order valence-electron chi connectivity index (χ0n) is 6.18.